The molecule has 2 heterocycles. The lowest BCUT2D eigenvalue weighted by Crippen LogP contribution is -1.81. The van der Waals surface area contributed by atoms with E-state index in [0.717, 1.165) is 21.2 Å². The molecule has 0 aliphatic carbocycles. The Hall–Kier alpha value is -1.88. The summed E-state index contributed by atoms with van der Waals surface area (Å²) in [5.74, 6) is 0.864. The van der Waals surface area contributed by atoms with Crippen LogP contribution in [-0.4, -0.2) is 21.7 Å². The van der Waals surface area contributed by atoms with Crippen molar-refractivity contribution < 1.29 is 4.74 Å². The standard InChI is InChI=1S/C11H9N3OS/c1-15-9-4-2-8(3-5-9)10-6-14-11(16-10)12-7-13-14/h2-7H,1H3. The molecule has 0 atom stereocenters. The van der Waals surface area contributed by atoms with E-state index in [4.69, 9.17) is 4.74 Å². The monoisotopic (exact) mass is 231 g/mol. The molecular formula is C11H9N3OS. The molecule has 0 N–H and O–H groups in total. The number of rotatable bonds is 2. The van der Waals surface area contributed by atoms with Crippen LogP contribution in [0.4, 0.5) is 0 Å². The summed E-state index contributed by atoms with van der Waals surface area (Å²) < 4.78 is 6.90. The van der Waals surface area contributed by atoms with Crippen LogP contribution in [0.5, 0.6) is 5.75 Å². The van der Waals surface area contributed by atoms with Gasteiger partial charge in [0.1, 0.15) is 12.1 Å². The van der Waals surface area contributed by atoms with Crippen molar-refractivity contribution in [3.8, 4) is 16.2 Å². The van der Waals surface area contributed by atoms with Crippen molar-refractivity contribution in [2.45, 2.75) is 0 Å². The molecule has 3 aromatic rings. The number of fused-ring (bicyclic) bond motifs is 1. The maximum atomic E-state index is 5.12. The quantitative estimate of drug-likeness (QED) is 0.680. The molecule has 1 aromatic carbocycles. The van der Waals surface area contributed by atoms with Crippen LogP contribution in [0.25, 0.3) is 15.4 Å². The molecule has 2 aromatic heterocycles. The van der Waals surface area contributed by atoms with Gasteiger partial charge in [-0.2, -0.15) is 5.10 Å². The summed E-state index contributed by atoms with van der Waals surface area (Å²) in [4.78, 5) is 6.20. The summed E-state index contributed by atoms with van der Waals surface area (Å²) in [7, 11) is 1.66. The first-order valence-corrected chi connectivity index (χ1v) is 5.62. The second-order valence-electron chi connectivity index (χ2n) is 3.31. The molecule has 0 radical (unpaired) electrons. The highest BCUT2D eigenvalue weighted by Crippen LogP contribution is 2.28. The first-order chi connectivity index (χ1) is 7.86. The number of hydrogen-bond acceptors (Lipinski definition) is 4. The summed E-state index contributed by atoms with van der Waals surface area (Å²) in [6, 6.07) is 7.96. The number of nitrogens with zero attached hydrogens (tertiary/aromatic N) is 3. The van der Waals surface area contributed by atoms with Crippen molar-refractivity contribution in [1.29, 1.82) is 0 Å². The Balaban J connectivity index is 2.05. The van der Waals surface area contributed by atoms with Crippen molar-refractivity contribution >= 4 is 16.3 Å². The van der Waals surface area contributed by atoms with Crippen LogP contribution in [0.1, 0.15) is 0 Å². The minimum absolute atomic E-state index is 0.864. The second kappa shape index (κ2) is 3.61. The number of ether oxygens (including phenoxy) is 1. The Morgan fingerprint density at radius 3 is 2.75 bits per heavy atom. The molecule has 16 heavy (non-hydrogen) atoms. The third kappa shape index (κ3) is 1.45. The van der Waals surface area contributed by atoms with Crippen LogP contribution in [0.2, 0.25) is 0 Å². The van der Waals surface area contributed by atoms with E-state index < -0.39 is 0 Å². The van der Waals surface area contributed by atoms with E-state index in [0.29, 0.717) is 0 Å². The van der Waals surface area contributed by atoms with Crippen LogP contribution in [0.3, 0.4) is 0 Å². The third-order valence-corrected chi connectivity index (χ3v) is 3.39. The molecule has 0 aliphatic heterocycles. The highest BCUT2D eigenvalue weighted by atomic mass is 32.1. The molecule has 4 nitrogen and oxygen atoms in total. The minimum atomic E-state index is 0.864. The highest BCUT2D eigenvalue weighted by Gasteiger charge is 2.05. The molecule has 0 spiro atoms. The zero-order valence-corrected chi connectivity index (χ0v) is 9.44. The van der Waals surface area contributed by atoms with Crippen LogP contribution in [-0.2, 0) is 0 Å². The third-order valence-electron chi connectivity index (χ3n) is 2.36. The molecule has 0 fully saturated rings. The Labute approximate surface area is 96.1 Å². The summed E-state index contributed by atoms with van der Waals surface area (Å²) in [5, 5.41) is 4.09. The van der Waals surface area contributed by atoms with Crippen molar-refractivity contribution in [3.63, 3.8) is 0 Å². The lowest BCUT2D eigenvalue weighted by Gasteiger charge is -2.00. The van der Waals surface area contributed by atoms with E-state index >= 15 is 0 Å². The molecule has 0 aliphatic rings. The predicted molar refractivity (Wildman–Crippen MR) is 62.9 cm³/mol. The smallest absolute Gasteiger partial charge is 0.212 e. The zero-order chi connectivity index (χ0) is 11.0. The van der Waals surface area contributed by atoms with Crippen LogP contribution in [0.15, 0.2) is 36.8 Å². The fourth-order valence-electron chi connectivity index (χ4n) is 1.53. The summed E-state index contributed by atoms with van der Waals surface area (Å²) >= 11 is 1.62. The van der Waals surface area contributed by atoms with Gasteiger partial charge in [0.15, 0.2) is 0 Å². The molecule has 5 heteroatoms. The largest absolute Gasteiger partial charge is 0.497 e. The summed E-state index contributed by atoms with van der Waals surface area (Å²) in [6.45, 7) is 0. The average Bonchev–Trinajstić information content (AvgIpc) is 2.89. The van der Waals surface area contributed by atoms with Gasteiger partial charge in [0.05, 0.1) is 12.0 Å². The Morgan fingerprint density at radius 1 is 1.25 bits per heavy atom. The van der Waals surface area contributed by atoms with Gasteiger partial charge in [0.25, 0.3) is 0 Å². The lowest BCUT2D eigenvalue weighted by molar-refractivity contribution is 0.415. The minimum Gasteiger partial charge on any atom is -0.497 e. The van der Waals surface area contributed by atoms with Gasteiger partial charge in [-0.15, -0.1) is 0 Å². The maximum absolute atomic E-state index is 5.12. The van der Waals surface area contributed by atoms with Gasteiger partial charge < -0.3 is 4.74 Å². The van der Waals surface area contributed by atoms with Gasteiger partial charge in [-0.1, -0.05) is 11.3 Å². The fraction of sp³-hybridized carbons (Fsp3) is 0.0909. The molecule has 3 rings (SSSR count). The number of methoxy groups -OCH3 is 1. The van der Waals surface area contributed by atoms with Crippen LogP contribution in [0, 0.1) is 0 Å². The SMILES string of the molecule is COc1ccc(-c2cn3ncnc3s2)cc1. The molecular weight excluding hydrogens is 222 g/mol. The van der Waals surface area contributed by atoms with Gasteiger partial charge in [0.2, 0.25) is 4.96 Å². The van der Waals surface area contributed by atoms with Gasteiger partial charge in [-0.3, -0.25) is 0 Å². The van der Waals surface area contributed by atoms with Crippen molar-refractivity contribution in [2.75, 3.05) is 7.11 Å². The first-order valence-electron chi connectivity index (χ1n) is 4.80. The summed E-state index contributed by atoms with van der Waals surface area (Å²) in [5.41, 5.74) is 1.15. The molecule has 0 bridgehead atoms. The van der Waals surface area contributed by atoms with Crippen molar-refractivity contribution in [2.24, 2.45) is 0 Å². The molecule has 0 amide bonds. The van der Waals surface area contributed by atoms with E-state index in [9.17, 15) is 0 Å². The predicted octanol–water partition coefficient (Wildman–Crippen LogP) is 2.47. The molecule has 0 unspecified atom stereocenters. The molecule has 80 valence electrons. The summed E-state index contributed by atoms with van der Waals surface area (Å²) in [6.07, 6.45) is 3.54. The van der Waals surface area contributed by atoms with Gasteiger partial charge >= 0.3 is 0 Å². The fourth-order valence-corrected chi connectivity index (χ4v) is 2.42. The van der Waals surface area contributed by atoms with Gasteiger partial charge in [-0.25, -0.2) is 9.50 Å². The van der Waals surface area contributed by atoms with E-state index in [-0.39, 0.29) is 0 Å². The van der Waals surface area contributed by atoms with E-state index in [1.165, 1.54) is 0 Å². The number of hydrogen-bond donors (Lipinski definition) is 0. The zero-order valence-electron chi connectivity index (χ0n) is 8.62. The second-order valence-corrected chi connectivity index (χ2v) is 4.32. The Bertz CT molecular complexity index is 583. The molecule has 0 saturated carbocycles. The van der Waals surface area contributed by atoms with E-state index in [1.54, 1.807) is 29.3 Å². The Kier molecular flexibility index (Phi) is 2.11. The van der Waals surface area contributed by atoms with E-state index in [2.05, 4.69) is 10.1 Å². The topological polar surface area (TPSA) is 39.4 Å². The van der Waals surface area contributed by atoms with Crippen LogP contribution < -0.4 is 4.74 Å². The van der Waals surface area contributed by atoms with Crippen molar-refractivity contribution in [3.05, 3.63) is 36.8 Å². The Morgan fingerprint density at radius 2 is 2.06 bits per heavy atom. The maximum Gasteiger partial charge on any atom is 0.212 e. The number of thiazole rings is 1. The van der Waals surface area contributed by atoms with Crippen molar-refractivity contribution in [1.82, 2.24) is 14.6 Å². The van der Waals surface area contributed by atoms with Crippen LogP contribution >= 0.6 is 11.3 Å². The van der Waals surface area contributed by atoms with Gasteiger partial charge in [-0.05, 0) is 29.8 Å². The molecule has 0 saturated heterocycles. The first kappa shape index (κ1) is 9.35. The normalized spacial score (nSPS) is 10.8. The van der Waals surface area contributed by atoms with Gasteiger partial charge in [0, 0.05) is 6.20 Å². The average molecular weight is 231 g/mol. The lowest BCUT2D eigenvalue weighted by atomic mass is 10.2. The van der Waals surface area contributed by atoms with E-state index in [1.807, 2.05) is 30.5 Å². The number of aromatic nitrogens is 3. The highest BCUT2D eigenvalue weighted by molar-refractivity contribution is 7.20. The number of benzene rings is 1.